The van der Waals surface area contributed by atoms with Crippen molar-refractivity contribution < 1.29 is 18.3 Å². The molecule has 0 aliphatic heterocycles. The van der Waals surface area contributed by atoms with Gasteiger partial charge in [0.05, 0.1) is 5.56 Å². The Morgan fingerprint density at radius 1 is 1.24 bits per heavy atom. The summed E-state index contributed by atoms with van der Waals surface area (Å²) in [6.07, 6.45) is -0.804. The fraction of sp³-hybridized carbons (Fsp3) is 0.615. The van der Waals surface area contributed by atoms with Crippen LogP contribution in [0, 0.1) is 5.92 Å². The van der Waals surface area contributed by atoms with Crippen LogP contribution in [0.1, 0.15) is 31.2 Å². The molecule has 2 unspecified atom stereocenters. The van der Waals surface area contributed by atoms with Crippen LogP contribution in [0.3, 0.4) is 0 Å². The lowest BCUT2D eigenvalue weighted by atomic mass is 9.85. The van der Waals surface area contributed by atoms with E-state index in [4.69, 9.17) is 5.84 Å². The highest BCUT2D eigenvalue weighted by atomic mass is 19.4. The van der Waals surface area contributed by atoms with E-state index in [0.717, 1.165) is 37.8 Å². The molecule has 1 aliphatic rings. The van der Waals surface area contributed by atoms with Gasteiger partial charge in [-0.25, -0.2) is 10.8 Å². The van der Waals surface area contributed by atoms with Crippen molar-refractivity contribution in [2.75, 3.05) is 17.3 Å². The summed E-state index contributed by atoms with van der Waals surface area (Å²) >= 11 is 0. The molecular formula is C13H19F3N4O. The predicted molar refractivity (Wildman–Crippen MR) is 73.5 cm³/mol. The minimum absolute atomic E-state index is 0.0125. The SMILES string of the molecule is NNc1cc(C(F)(F)F)cc(NC2CCCCC2CO)n1. The topological polar surface area (TPSA) is 83.2 Å². The maximum atomic E-state index is 12.8. The summed E-state index contributed by atoms with van der Waals surface area (Å²) in [7, 11) is 0. The van der Waals surface area contributed by atoms with Gasteiger partial charge in [-0.3, -0.25) is 0 Å². The molecule has 0 saturated heterocycles. The average Bonchev–Trinajstić information content (AvgIpc) is 2.46. The van der Waals surface area contributed by atoms with Crippen molar-refractivity contribution in [1.29, 1.82) is 0 Å². The molecule has 0 bridgehead atoms. The van der Waals surface area contributed by atoms with Crippen molar-refractivity contribution in [3.63, 3.8) is 0 Å². The molecule has 2 rings (SSSR count). The normalized spacial score (nSPS) is 22.9. The van der Waals surface area contributed by atoms with E-state index in [0.29, 0.717) is 0 Å². The van der Waals surface area contributed by atoms with E-state index in [2.05, 4.69) is 15.7 Å². The van der Waals surface area contributed by atoms with E-state index in [1.807, 2.05) is 0 Å². The molecule has 1 aromatic heterocycles. The predicted octanol–water partition coefficient (Wildman–Crippen LogP) is 2.35. The number of aliphatic hydroxyl groups excluding tert-OH is 1. The van der Waals surface area contributed by atoms with Crippen molar-refractivity contribution in [3.05, 3.63) is 17.7 Å². The second kappa shape index (κ2) is 6.48. The van der Waals surface area contributed by atoms with E-state index in [9.17, 15) is 18.3 Å². The minimum atomic E-state index is -4.46. The lowest BCUT2D eigenvalue weighted by Crippen LogP contribution is -2.34. The number of aliphatic hydroxyl groups is 1. The monoisotopic (exact) mass is 304 g/mol. The quantitative estimate of drug-likeness (QED) is 0.507. The molecule has 2 atom stereocenters. The molecule has 1 heterocycles. The van der Waals surface area contributed by atoms with Crippen LogP contribution in [0.2, 0.25) is 0 Å². The summed E-state index contributed by atoms with van der Waals surface area (Å²) in [5.41, 5.74) is 1.33. The van der Waals surface area contributed by atoms with Crippen LogP contribution >= 0.6 is 0 Å². The number of anilines is 2. The van der Waals surface area contributed by atoms with Gasteiger partial charge in [0, 0.05) is 18.6 Å². The van der Waals surface area contributed by atoms with Gasteiger partial charge in [-0.2, -0.15) is 13.2 Å². The van der Waals surface area contributed by atoms with Gasteiger partial charge in [0.1, 0.15) is 11.6 Å². The van der Waals surface area contributed by atoms with Crippen LogP contribution in [0.5, 0.6) is 0 Å². The van der Waals surface area contributed by atoms with Gasteiger partial charge < -0.3 is 15.8 Å². The first-order chi connectivity index (χ1) is 9.94. The first-order valence-corrected chi connectivity index (χ1v) is 6.87. The van der Waals surface area contributed by atoms with Crippen molar-refractivity contribution >= 4 is 11.6 Å². The summed E-state index contributed by atoms with van der Waals surface area (Å²) in [4.78, 5) is 4.00. The van der Waals surface area contributed by atoms with Gasteiger partial charge in [0.25, 0.3) is 0 Å². The molecule has 1 fully saturated rings. The number of nitrogens with zero attached hydrogens (tertiary/aromatic N) is 1. The van der Waals surface area contributed by atoms with Crippen LogP contribution in [0.25, 0.3) is 0 Å². The molecule has 0 radical (unpaired) electrons. The highest BCUT2D eigenvalue weighted by Gasteiger charge is 2.32. The van der Waals surface area contributed by atoms with E-state index in [-0.39, 0.29) is 30.2 Å². The van der Waals surface area contributed by atoms with Gasteiger partial charge >= 0.3 is 6.18 Å². The number of alkyl halides is 3. The van der Waals surface area contributed by atoms with Crippen molar-refractivity contribution in [2.45, 2.75) is 37.9 Å². The van der Waals surface area contributed by atoms with Crippen LogP contribution in [0.15, 0.2) is 12.1 Å². The molecule has 8 heteroatoms. The second-order valence-corrected chi connectivity index (χ2v) is 5.25. The number of halogens is 3. The maximum absolute atomic E-state index is 12.8. The first kappa shape index (κ1) is 15.8. The Kier molecular flexibility index (Phi) is 4.89. The smallest absolute Gasteiger partial charge is 0.396 e. The van der Waals surface area contributed by atoms with Gasteiger partial charge in [-0.15, -0.1) is 0 Å². The number of rotatable bonds is 4. The fourth-order valence-corrected chi connectivity index (χ4v) is 2.65. The third-order valence-electron chi connectivity index (χ3n) is 3.78. The standard InChI is InChI=1S/C13H19F3N4O/c14-13(15,16)9-5-11(19-12(6-9)20-17)18-10-4-2-1-3-8(10)7-21/h5-6,8,10,21H,1-4,7,17H2,(H2,18,19,20). The number of nitrogens with two attached hydrogens (primary N) is 1. The molecule has 21 heavy (non-hydrogen) atoms. The molecule has 0 spiro atoms. The largest absolute Gasteiger partial charge is 0.416 e. The number of nitrogen functional groups attached to an aromatic ring is 1. The molecule has 5 nitrogen and oxygen atoms in total. The molecule has 0 amide bonds. The summed E-state index contributed by atoms with van der Waals surface area (Å²) in [6, 6.07) is 1.74. The first-order valence-electron chi connectivity index (χ1n) is 6.87. The summed E-state index contributed by atoms with van der Waals surface area (Å²) < 4.78 is 38.5. The van der Waals surface area contributed by atoms with Crippen LogP contribution in [-0.2, 0) is 6.18 Å². The summed E-state index contributed by atoms with van der Waals surface area (Å²) in [5, 5.41) is 12.4. The number of hydrogen-bond donors (Lipinski definition) is 4. The average molecular weight is 304 g/mol. The lowest BCUT2D eigenvalue weighted by Gasteiger charge is -2.31. The number of pyridine rings is 1. The maximum Gasteiger partial charge on any atom is 0.416 e. The Morgan fingerprint density at radius 2 is 1.90 bits per heavy atom. The molecule has 1 saturated carbocycles. The zero-order chi connectivity index (χ0) is 15.5. The Morgan fingerprint density at radius 3 is 2.52 bits per heavy atom. The highest BCUT2D eigenvalue weighted by molar-refractivity contribution is 5.49. The Labute approximate surface area is 120 Å². The van der Waals surface area contributed by atoms with Crippen molar-refractivity contribution in [3.8, 4) is 0 Å². The Balaban J connectivity index is 2.22. The van der Waals surface area contributed by atoms with Gasteiger partial charge in [-0.05, 0) is 25.0 Å². The van der Waals surface area contributed by atoms with Gasteiger partial charge in [0.15, 0.2) is 0 Å². The minimum Gasteiger partial charge on any atom is -0.396 e. The molecule has 0 aromatic carbocycles. The Hall–Kier alpha value is -1.54. The van der Waals surface area contributed by atoms with E-state index >= 15 is 0 Å². The second-order valence-electron chi connectivity index (χ2n) is 5.25. The zero-order valence-corrected chi connectivity index (χ0v) is 11.5. The third-order valence-corrected chi connectivity index (χ3v) is 3.78. The molecular weight excluding hydrogens is 285 g/mol. The highest BCUT2D eigenvalue weighted by Crippen LogP contribution is 2.33. The van der Waals surface area contributed by atoms with Crippen molar-refractivity contribution in [1.82, 2.24) is 4.98 Å². The van der Waals surface area contributed by atoms with E-state index in [1.54, 1.807) is 0 Å². The van der Waals surface area contributed by atoms with Gasteiger partial charge in [0.2, 0.25) is 0 Å². The van der Waals surface area contributed by atoms with E-state index in [1.165, 1.54) is 0 Å². The van der Waals surface area contributed by atoms with Crippen LogP contribution in [0.4, 0.5) is 24.8 Å². The van der Waals surface area contributed by atoms with Gasteiger partial charge in [-0.1, -0.05) is 12.8 Å². The molecule has 1 aromatic rings. The number of aromatic nitrogens is 1. The molecule has 118 valence electrons. The zero-order valence-electron chi connectivity index (χ0n) is 11.5. The van der Waals surface area contributed by atoms with Crippen molar-refractivity contribution in [2.24, 2.45) is 11.8 Å². The Bertz CT molecular complexity index is 481. The number of hydrazine groups is 1. The van der Waals surface area contributed by atoms with Crippen LogP contribution in [-0.4, -0.2) is 22.7 Å². The number of nitrogens with one attached hydrogen (secondary N) is 2. The molecule has 1 aliphatic carbocycles. The summed E-state index contributed by atoms with van der Waals surface area (Å²) in [6.45, 7) is 0.0125. The van der Waals surface area contributed by atoms with Crippen LogP contribution < -0.4 is 16.6 Å². The summed E-state index contributed by atoms with van der Waals surface area (Å²) in [5.74, 6) is 5.26. The lowest BCUT2D eigenvalue weighted by molar-refractivity contribution is -0.137. The third kappa shape index (κ3) is 3.98. The fourth-order valence-electron chi connectivity index (χ4n) is 2.65. The number of hydrogen-bond acceptors (Lipinski definition) is 5. The van der Waals surface area contributed by atoms with E-state index < -0.39 is 11.7 Å². The molecule has 5 N–H and O–H groups in total.